The van der Waals surface area contributed by atoms with Gasteiger partial charge in [0.05, 0.1) is 5.52 Å². The highest BCUT2D eigenvalue weighted by molar-refractivity contribution is 5.98. The van der Waals surface area contributed by atoms with E-state index in [9.17, 15) is 4.79 Å². The van der Waals surface area contributed by atoms with E-state index in [1.807, 2.05) is 62.4 Å². The van der Waals surface area contributed by atoms with Crippen LogP contribution in [0, 0.1) is 6.92 Å². The summed E-state index contributed by atoms with van der Waals surface area (Å²) in [4.78, 5) is 20.9. The van der Waals surface area contributed by atoms with Crippen molar-refractivity contribution in [1.82, 2.24) is 9.97 Å². The van der Waals surface area contributed by atoms with Crippen LogP contribution < -0.4 is 10.6 Å². The fourth-order valence-electron chi connectivity index (χ4n) is 2.34. The van der Waals surface area contributed by atoms with E-state index in [-0.39, 0.29) is 5.91 Å². The van der Waals surface area contributed by atoms with E-state index in [4.69, 9.17) is 0 Å². The van der Waals surface area contributed by atoms with E-state index in [2.05, 4.69) is 20.6 Å². The summed E-state index contributed by atoms with van der Waals surface area (Å²) in [6.45, 7) is 3.77. The number of nitrogens with one attached hydrogen (secondary N) is 2. The van der Waals surface area contributed by atoms with Gasteiger partial charge in [-0.05, 0) is 37.6 Å². The maximum absolute atomic E-state index is 12.4. The highest BCUT2D eigenvalue weighted by Crippen LogP contribution is 2.19. The van der Waals surface area contributed by atoms with Crippen molar-refractivity contribution in [2.75, 3.05) is 10.6 Å². The zero-order valence-electron chi connectivity index (χ0n) is 13.1. The molecule has 1 aromatic heterocycles. The number of amides is 1. The van der Waals surface area contributed by atoms with Gasteiger partial charge in [-0.25, -0.2) is 9.97 Å². The number of anilines is 2. The molecule has 0 bridgehead atoms. The monoisotopic (exact) mass is 306 g/mol. The molecule has 23 heavy (non-hydrogen) atoms. The summed E-state index contributed by atoms with van der Waals surface area (Å²) >= 11 is 0. The van der Waals surface area contributed by atoms with Crippen LogP contribution in [0.2, 0.25) is 0 Å². The quantitative estimate of drug-likeness (QED) is 0.775. The molecule has 0 spiro atoms. The SMILES string of the molecule is Cc1ccccc1NC(=O)C(C)Nc1ncnc2ccccc12. The van der Waals surface area contributed by atoms with Crippen molar-refractivity contribution in [2.24, 2.45) is 0 Å². The molecular weight excluding hydrogens is 288 g/mol. The Bertz CT molecular complexity index is 842. The van der Waals surface area contributed by atoms with Gasteiger partial charge in [0.25, 0.3) is 0 Å². The molecule has 0 radical (unpaired) electrons. The third kappa shape index (κ3) is 3.29. The number of carbonyl (C=O) groups is 1. The lowest BCUT2D eigenvalue weighted by atomic mass is 10.2. The van der Waals surface area contributed by atoms with Crippen LogP contribution in [0.5, 0.6) is 0 Å². The number of nitrogens with zero attached hydrogens (tertiary/aromatic N) is 2. The topological polar surface area (TPSA) is 66.9 Å². The van der Waals surface area contributed by atoms with Gasteiger partial charge in [0.1, 0.15) is 18.2 Å². The summed E-state index contributed by atoms with van der Waals surface area (Å²) in [5.41, 5.74) is 2.69. The Kier molecular flexibility index (Phi) is 4.19. The van der Waals surface area contributed by atoms with Crippen LogP contribution in [0.3, 0.4) is 0 Å². The average Bonchev–Trinajstić information content (AvgIpc) is 2.57. The molecule has 1 atom stereocenters. The predicted molar refractivity (Wildman–Crippen MR) is 92.4 cm³/mol. The number of benzene rings is 2. The number of para-hydroxylation sites is 2. The van der Waals surface area contributed by atoms with Crippen molar-refractivity contribution < 1.29 is 4.79 Å². The van der Waals surface area contributed by atoms with E-state index in [1.54, 1.807) is 0 Å². The standard InChI is InChI=1S/C18H18N4O/c1-12-7-3-5-9-15(12)22-18(23)13(2)21-17-14-8-4-6-10-16(14)19-11-20-17/h3-11,13H,1-2H3,(H,22,23)(H,19,20,21). The first-order valence-corrected chi connectivity index (χ1v) is 7.48. The number of aryl methyl sites for hydroxylation is 1. The van der Waals surface area contributed by atoms with Gasteiger partial charge in [-0.2, -0.15) is 0 Å². The Balaban J connectivity index is 1.77. The lowest BCUT2D eigenvalue weighted by molar-refractivity contribution is -0.116. The first kappa shape index (κ1) is 15.0. The van der Waals surface area contributed by atoms with E-state index in [1.165, 1.54) is 6.33 Å². The van der Waals surface area contributed by atoms with Gasteiger partial charge in [0.15, 0.2) is 0 Å². The van der Waals surface area contributed by atoms with Crippen LogP contribution in [0.1, 0.15) is 12.5 Å². The fraction of sp³-hybridized carbons (Fsp3) is 0.167. The maximum Gasteiger partial charge on any atom is 0.246 e. The lowest BCUT2D eigenvalue weighted by Gasteiger charge is -2.16. The summed E-state index contributed by atoms with van der Waals surface area (Å²) < 4.78 is 0. The molecule has 5 heteroatoms. The Morgan fingerprint density at radius 3 is 2.61 bits per heavy atom. The van der Waals surface area contributed by atoms with Crippen molar-refractivity contribution in [1.29, 1.82) is 0 Å². The van der Waals surface area contributed by atoms with Crippen molar-refractivity contribution in [3.8, 4) is 0 Å². The van der Waals surface area contributed by atoms with Crippen LogP contribution in [-0.2, 0) is 4.79 Å². The minimum atomic E-state index is -0.423. The summed E-state index contributed by atoms with van der Waals surface area (Å²) in [7, 11) is 0. The largest absolute Gasteiger partial charge is 0.358 e. The smallest absolute Gasteiger partial charge is 0.246 e. The molecule has 1 amide bonds. The molecule has 1 unspecified atom stereocenters. The Morgan fingerprint density at radius 1 is 1.04 bits per heavy atom. The van der Waals surface area contributed by atoms with Gasteiger partial charge in [0, 0.05) is 11.1 Å². The summed E-state index contributed by atoms with van der Waals surface area (Å²) in [5, 5.41) is 6.99. The number of fused-ring (bicyclic) bond motifs is 1. The Labute approximate surface area is 134 Å². The maximum atomic E-state index is 12.4. The van der Waals surface area contributed by atoms with E-state index in [0.717, 1.165) is 22.2 Å². The number of hydrogen-bond acceptors (Lipinski definition) is 4. The fourth-order valence-corrected chi connectivity index (χ4v) is 2.34. The lowest BCUT2D eigenvalue weighted by Crippen LogP contribution is -2.32. The van der Waals surface area contributed by atoms with Crippen molar-refractivity contribution >= 4 is 28.3 Å². The van der Waals surface area contributed by atoms with Crippen molar-refractivity contribution in [3.05, 3.63) is 60.4 Å². The van der Waals surface area contributed by atoms with Crippen LogP contribution in [0.4, 0.5) is 11.5 Å². The van der Waals surface area contributed by atoms with Gasteiger partial charge >= 0.3 is 0 Å². The Hall–Kier alpha value is -2.95. The van der Waals surface area contributed by atoms with Crippen LogP contribution in [0.25, 0.3) is 10.9 Å². The van der Waals surface area contributed by atoms with Crippen LogP contribution in [0.15, 0.2) is 54.9 Å². The minimum Gasteiger partial charge on any atom is -0.358 e. The van der Waals surface area contributed by atoms with E-state index >= 15 is 0 Å². The van der Waals surface area contributed by atoms with Gasteiger partial charge in [0.2, 0.25) is 5.91 Å². The van der Waals surface area contributed by atoms with Gasteiger partial charge in [-0.1, -0.05) is 30.3 Å². The van der Waals surface area contributed by atoms with E-state index in [0.29, 0.717) is 5.82 Å². The predicted octanol–water partition coefficient (Wildman–Crippen LogP) is 3.38. The Morgan fingerprint density at radius 2 is 1.78 bits per heavy atom. The number of carbonyl (C=O) groups excluding carboxylic acids is 1. The number of rotatable bonds is 4. The molecule has 1 heterocycles. The van der Waals surface area contributed by atoms with Crippen LogP contribution >= 0.6 is 0 Å². The molecule has 3 aromatic rings. The average molecular weight is 306 g/mol. The molecular formula is C18H18N4O. The molecule has 2 aromatic carbocycles. The van der Waals surface area contributed by atoms with Gasteiger partial charge in [-0.3, -0.25) is 4.79 Å². The van der Waals surface area contributed by atoms with Gasteiger partial charge in [-0.15, -0.1) is 0 Å². The summed E-state index contributed by atoms with van der Waals surface area (Å²) in [5.74, 6) is 0.546. The van der Waals surface area contributed by atoms with Crippen molar-refractivity contribution in [2.45, 2.75) is 19.9 Å². The minimum absolute atomic E-state index is 0.109. The van der Waals surface area contributed by atoms with Crippen molar-refractivity contribution in [3.63, 3.8) is 0 Å². The molecule has 0 saturated carbocycles. The second-order valence-corrected chi connectivity index (χ2v) is 5.41. The summed E-state index contributed by atoms with van der Waals surface area (Å²) in [6.07, 6.45) is 1.50. The number of hydrogen-bond donors (Lipinski definition) is 2. The van der Waals surface area contributed by atoms with E-state index < -0.39 is 6.04 Å². The second-order valence-electron chi connectivity index (χ2n) is 5.41. The molecule has 116 valence electrons. The molecule has 0 fully saturated rings. The molecule has 0 aliphatic carbocycles. The first-order chi connectivity index (χ1) is 11.1. The highest BCUT2D eigenvalue weighted by atomic mass is 16.2. The third-order valence-electron chi connectivity index (χ3n) is 3.69. The second kappa shape index (κ2) is 6.44. The molecule has 0 saturated heterocycles. The normalized spacial score (nSPS) is 11.9. The molecule has 3 rings (SSSR count). The molecule has 2 N–H and O–H groups in total. The van der Waals surface area contributed by atoms with Gasteiger partial charge < -0.3 is 10.6 Å². The molecule has 5 nitrogen and oxygen atoms in total. The molecule has 0 aliphatic rings. The zero-order valence-corrected chi connectivity index (χ0v) is 13.1. The summed E-state index contributed by atoms with van der Waals surface area (Å²) in [6, 6.07) is 15.0. The first-order valence-electron chi connectivity index (χ1n) is 7.48. The molecule has 0 aliphatic heterocycles. The number of aromatic nitrogens is 2. The third-order valence-corrected chi connectivity index (χ3v) is 3.69. The highest BCUT2D eigenvalue weighted by Gasteiger charge is 2.15. The van der Waals surface area contributed by atoms with Crippen LogP contribution in [-0.4, -0.2) is 21.9 Å². The zero-order chi connectivity index (χ0) is 16.2.